The first-order chi connectivity index (χ1) is 10.7. The average Bonchev–Trinajstić information content (AvgIpc) is 3.04. The van der Waals surface area contributed by atoms with Crippen molar-refractivity contribution in [3.8, 4) is 0 Å². The summed E-state index contributed by atoms with van der Waals surface area (Å²) in [5.41, 5.74) is 1.52. The number of amides is 1. The van der Waals surface area contributed by atoms with Crippen LogP contribution in [0.2, 0.25) is 0 Å². The van der Waals surface area contributed by atoms with E-state index in [-0.39, 0.29) is 11.5 Å². The number of carbonyl (C=O) groups excluding carboxylic acids is 1. The Kier molecular flexibility index (Phi) is 4.53. The fraction of sp³-hybridized carbons (Fsp3) is 0.412. The third kappa shape index (κ3) is 3.54. The Bertz CT molecular complexity index is 717. The highest BCUT2D eigenvalue weighted by Crippen LogP contribution is 2.15. The standard InChI is InChI=1S/C17H21N3O2/c21-16(6-5-12-7-8-18-10-12)19-11-13-9-17(22)20-15-4-2-1-3-14(13)15/h1-4,9,12,18H,5-8,10-11H2,(H,19,21)(H,20,22). The molecule has 1 saturated heterocycles. The first-order valence-corrected chi connectivity index (χ1v) is 7.81. The molecule has 3 N–H and O–H groups in total. The maximum absolute atomic E-state index is 12.0. The molecule has 1 aromatic carbocycles. The monoisotopic (exact) mass is 299 g/mol. The lowest BCUT2D eigenvalue weighted by molar-refractivity contribution is -0.121. The summed E-state index contributed by atoms with van der Waals surface area (Å²) in [7, 11) is 0. The molecule has 1 aliphatic rings. The van der Waals surface area contributed by atoms with Crippen molar-refractivity contribution < 1.29 is 4.79 Å². The van der Waals surface area contributed by atoms with Gasteiger partial charge in [-0.05, 0) is 43.5 Å². The zero-order valence-electron chi connectivity index (χ0n) is 12.5. The summed E-state index contributed by atoms with van der Waals surface area (Å²) in [6, 6.07) is 9.20. The second-order valence-corrected chi connectivity index (χ2v) is 5.88. The van der Waals surface area contributed by atoms with Gasteiger partial charge in [-0.1, -0.05) is 18.2 Å². The molecular formula is C17H21N3O2. The molecule has 116 valence electrons. The van der Waals surface area contributed by atoms with Crippen molar-refractivity contribution >= 4 is 16.8 Å². The fourth-order valence-electron chi connectivity index (χ4n) is 3.00. The molecule has 0 bridgehead atoms. The largest absolute Gasteiger partial charge is 0.352 e. The number of fused-ring (bicyclic) bond motifs is 1. The number of rotatable bonds is 5. The molecule has 3 rings (SSSR count). The van der Waals surface area contributed by atoms with Gasteiger partial charge in [0.1, 0.15) is 0 Å². The normalized spacial score (nSPS) is 17.7. The Morgan fingerprint density at radius 2 is 2.18 bits per heavy atom. The number of hydrogen-bond acceptors (Lipinski definition) is 3. The van der Waals surface area contributed by atoms with Gasteiger partial charge in [0.05, 0.1) is 0 Å². The number of aromatic amines is 1. The van der Waals surface area contributed by atoms with Crippen LogP contribution in [0.25, 0.3) is 10.9 Å². The minimum Gasteiger partial charge on any atom is -0.352 e. The van der Waals surface area contributed by atoms with Crippen LogP contribution < -0.4 is 16.2 Å². The van der Waals surface area contributed by atoms with Crippen molar-refractivity contribution in [3.63, 3.8) is 0 Å². The van der Waals surface area contributed by atoms with Gasteiger partial charge in [0.2, 0.25) is 11.5 Å². The lowest BCUT2D eigenvalue weighted by atomic mass is 10.0. The second kappa shape index (κ2) is 6.75. The van der Waals surface area contributed by atoms with Gasteiger partial charge in [0.25, 0.3) is 0 Å². The van der Waals surface area contributed by atoms with Gasteiger partial charge in [-0.25, -0.2) is 0 Å². The molecule has 0 aliphatic carbocycles. The van der Waals surface area contributed by atoms with E-state index in [1.165, 1.54) is 0 Å². The van der Waals surface area contributed by atoms with Crippen LogP contribution in [0.15, 0.2) is 35.1 Å². The van der Waals surface area contributed by atoms with Crippen molar-refractivity contribution in [2.24, 2.45) is 5.92 Å². The predicted molar refractivity (Wildman–Crippen MR) is 86.6 cm³/mol. The lowest BCUT2D eigenvalue weighted by Crippen LogP contribution is -2.24. The quantitative estimate of drug-likeness (QED) is 0.784. The molecule has 1 atom stereocenters. The van der Waals surface area contributed by atoms with E-state index in [2.05, 4.69) is 15.6 Å². The van der Waals surface area contributed by atoms with Crippen LogP contribution in [-0.4, -0.2) is 24.0 Å². The fourth-order valence-corrected chi connectivity index (χ4v) is 3.00. The van der Waals surface area contributed by atoms with Gasteiger partial charge in [-0.15, -0.1) is 0 Å². The van der Waals surface area contributed by atoms with Crippen molar-refractivity contribution in [2.45, 2.75) is 25.8 Å². The molecule has 2 heterocycles. The summed E-state index contributed by atoms with van der Waals surface area (Å²) in [6.45, 7) is 2.48. The Balaban J connectivity index is 1.61. The first kappa shape index (κ1) is 14.8. The van der Waals surface area contributed by atoms with E-state index < -0.39 is 0 Å². The number of hydrogen-bond donors (Lipinski definition) is 3. The minimum atomic E-state index is -0.139. The number of carbonyl (C=O) groups is 1. The number of nitrogens with one attached hydrogen (secondary N) is 3. The van der Waals surface area contributed by atoms with Crippen molar-refractivity contribution in [1.29, 1.82) is 0 Å². The minimum absolute atomic E-state index is 0.0521. The molecular weight excluding hydrogens is 278 g/mol. The molecule has 2 aromatic rings. The molecule has 5 heteroatoms. The molecule has 0 spiro atoms. The van der Waals surface area contributed by atoms with E-state index in [1.54, 1.807) is 6.07 Å². The first-order valence-electron chi connectivity index (χ1n) is 7.81. The van der Waals surface area contributed by atoms with Crippen LogP contribution >= 0.6 is 0 Å². The third-order valence-electron chi connectivity index (χ3n) is 4.25. The molecule has 22 heavy (non-hydrogen) atoms. The van der Waals surface area contributed by atoms with E-state index >= 15 is 0 Å². The van der Waals surface area contributed by atoms with Gasteiger partial charge >= 0.3 is 0 Å². The van der Waals surface area contributed by atoms with E-state index in [0.717, 1.165) is 42.4 Å². The predicted octanol–water partition coefficient (Wildman–Crippen LogP) is 1.53. The molecule has 1 aliphatic heterocycles. The van der Waals surface area contributed by atoms with E-state index in [9.17, 15) is 9.59 Å². The van der Waals surface area contributed by atoms with Gasteiger partial charge < -0.3 is 15.6 Å². The zero-order chi connectivity index (χ0) is 15.4. The Morgan fingerprint density at radius 1 is 1.32 bits per heavy atom. The summed E-state index contributed by atoms with van der Waals surface area (Å²) < 4.78 is 0. The molecule has 1 fully saturated rings. The number of H-pyrrole nitrogens is 1. The molecule has 0 saturated carbocycles. The summed E-state index contributed by atoms with van der Waals surface area (Å²) in [4.78, 5) is 26.5. The number of benzene rings is 1. The van der Waals surface area contributed by atoms with E-state index in [1.807, 2.05) is 24.3 Å². The summed E-state index contributed by atoms with van der Waals surface area (Å²) in [6.07, 6.45) is 2.63. The van der Waals surface area contributed by atoms with Crippen molar-refractivity contribution in [3.05, 3.63) is 46.2 Å². The topological polar surface area (TPSA) is 74.0 Å². The average molecular weight is 299 g/mol. The highest BCUT2D eigenvalue weighted by atomic mass is 16.1. The Morgan fingerprint density at radius 3 is 3.00 bits per heavy atom. The number of para-hydroxylation sites is 1. The highest BCUT2D eigenvalue weighted by molar-refractivity contribution is 5.82. The maximum Gasteiger partial charge on any atom is 0.248 e. The molecule has 1 aromatic heterocycles. The SMILES string of the molecule is O=C(CCC1CCNC1)NCc1cc(=O)[nH]c2ccccc12. The molecule has 1 unspecified atom stereocenters. The second-order valence-electron chi connectivity index (χ2n) is 5.88. The highest BCUT2D eigenvalue weighted by Gasteiger charge is 2.15. The Hall–Kier alpha value is -2.14. The van der Waals surface area contributed by atoms with Gasteiger partial charge in [-0.3, -0.25) is 9.59 Å². The van der Waals surface area contributed by atoms with Crippen LogP contribution in [0, 0.1) is 5.92 Å². The van der Waals surface area contributed by atoms with Crippen molar-refractivity contribution in [1.82, 2.24) is 15.6 Å². The Labute approximate surface area is 129 Å². The summed E-state index contributed by atoms with van der Waals surface area (Å²) in [5, 5.41) is 7.21. The smallest absolute Gasteiger partial charge is 0.248 e. The molecule has 0 radical (unpaired) electrons. The van der Waals surface area contributed by atoms with Crippen LogP contribution in [0.3, 0.4) is 0 Å². The summed E-state index contributed by atoms with van der Waals surface area (Å²) >= 11 is 0. The summed E-state index contributed by atoms with van der Waals surface area (Å²) in [5.74, 6) is 0.669. The number of pyridine rings is 1. The van der Waals surface area contributed by atoms with Gasteiger partial charge in [0.15, 0.2) is 0 Å². The van der Waals surface area contributed by atoms with Crippen LogP contribution in [0.4, 0.5) is 0 Å². The van der Waals surface area contributed by atoms with Crippen LogP contribution in [0.5, 0.6) is 0 Å². The number of aromatic nitrogens is 1. The van der Waals surface area contributed by atoms with Crippen LogP contribution in [0.1, 0.15) is 24.8 Å². The van der Waals surface area contributed by atoms with E-state index in [4.69, 9.17) is 0 Å². The maximum atomic E-state index is 12.0. The lowest BCUT2D eigenvalue weighted by Gasteiger charge is -2.10. The molecule has 5 nitrogen and oxygen atoms in total. The van der Waals surface area contributed by atoms with E-state index in [0.29, 0.717) is 18.9 Å². The van der Waals surface area contributed by atoms with Gasteiger partial charge in [0, 0.05) is 29.9 Å². The van der Waals surface area contributed by atoms with Crippen LogP contribution in [-0.2, 0) is 11.3 Å². The molecule has 1 amide bonds. The third-order valence-corrected chi connectivity index (χ3v) is 4.25. The zero-order valence-corrected chi connectivity index (χ0v) is 12.5. The van der Waals surface area contributed by atoms with Crippen molar-refractivity contribution in [2.75, 3.05) is 13.1 Å². The van der Waals surface area contributed by atoms with Gasteiger partial charge in [-0.2, -0.15) is 0 Å².